The quantitative estimate of drug-likeness (QED) is 0.267. The van der Waals surface area contributed by atoms with Gasteiger partial charge in [-0.05, 0) is 48.5 Å². The molecule has 7 nitrogen and oxygen atoms in total. The topological polar surface area (TPSA) is 105 Å². The van der Waals surface area contributed by atoms with Crippen molar-refractivity contribution in [3.63, 3.8) is 0 Å². The molecule has 0 spiro atoms. The molecular weight excluding hydrogens is 561 g/mol. The Morgan fingerprint density at radius 2 is 1.38 bits per heavy atom. The van der Waals surface area contributed by atoms with Crippen LogP contribution in [0.4, 0.5) is 10.8 Å². The van der Waals surface area contributed by atoms with Crippen LogP contribution in [0.25, 0.3) is 11.3 Å². The van der Waals surface area contributed by atoms with E-state index >= 15 is 0 Å². The Balaban J connectivity index is 1.61. The maximum atomic E-state index is 12.8. The smallest absolute Gasteiger partial charge is 0.263 e. The zero-order valence-electron chi connectivity index (χ0n) is 16.9. The van der Waals surface area contributed by atoms with E-state index in [-0.39, 0.29) is 30.7 Å². The number of nitrogens with zero attached hydrogens (tertiary/aromatic N) is 1. The fraction of sp³-hybridized carbons (Fsp3) is 0. The van der Waals surface area contributed by atoms with Crippen molar-refractivity contribution in [3.05, 3.63) is 87.2 Å². The summed E-state index contributed by atoms with van der Waals surface area (Å²) in [5.41, 5.74) is 1.13. The van der Waals surface area contributed by atoms with Crippen LogP contribution >= 0.6 is 46.1 Å². The van der Waals surface area contributed by atoms with Crippen LogP contribution in [0, 0.1) is 0 Å². The van der Waals surface area contributed by atoms with Gasteiger partial charge in [0.1, 0.15) is 0 Å². The normalized spacial score (nSPS) is 11.9. The van der Waals surface area contributed by atoms with E-state index < -0.39 is 20.0 Å². The van der Waals surface area contributed by atoms with Crippen LogP contribution in [0.15, 0.2) is 81.9 Å². The van der Waals surface area contributed by atoms with Gasteiger partial charge in [-0.1, -0.05) is 53.0 Å². The predicted molar refractivity (Wildman–Crippen MR) is 137 cm³/mol. The predicted octanol–water partition coefficient (Wildman–Crippen LogP) is 6.37. The van der Waals surface area contributed by atoms with Crippen LogP contribution in [0.3, 0.4) is 0 Å². The molecule has 0 amide bonds. The fourth-order valence-electron chi connectivity index (χ4n) is 2.88. The molecule has 0 bridgehead atoms. The number of para-hydroxylation sites is 1. The molecule has 0 atom stereocenters. The van der Waals surface area contributed by atoms with Crippen molar-refractivity contribution in [1.82, 2.24) is 4.98 Å². The number of halogens is 3. The van der Waals surface area contributed by atoms with Gasteiger partial charge in [-0.25, -0.2) is 21.8 Å². The Labute approximate surface area is 215 Å². The first-order valence-electron chi connectivity index (χ1n) is 9.36. The summed E-state index contributed by atoms with van der Waals surface area (Å²) in [7, 11) is -7.86. The molecule has 0 aliphatic carbocycles. The zero-order chi connectivity index (χ0) is 24.5. The molecule has 4 aromatic rings. The average molecular weight is 575 g/mol. The van der Waals surface area contributed by atoms with Crippen LogP contribution in [-0.4, -0.2) is 21.8 Å². The summed E-state index contributed by atoms with van der Waals surface area (Å²) in [6.45, 7) is 0. The molecule has 3 aromatic carbocycles. The number of hydrogen-bond acceptors (Lipinski definition) is 6. The number of hydrogen-bond donors (Lipinski definition) is 2. The minimum Gasteiger partial charge on any atom is -0.279 e. The first kappa shape index (κ1) is 24.8. The second kappa shape index (κ2) is 9.73. The lowest BCUT2D eigenvalue weighted by Gasteiger charge is -2.11. The lowest BCUT2D eigenvalue weighted by molar-refractivity contribution is 0.599. The average Bonchev–Trinajstić information content (AvgIpc) is 3.23. The third-order valence-electron chi connectivity index (χ3n) is 4.50. The summed E-state index contributed by atoms with van der Waals surface area (Å²) < 4.78 is 56.0. The Bertz CT molecular complexity index is 1570. The summed E-state index contributed by atoms with van der Waals surface area (Å²) in [5.74, 6) is 0. The van der Waals surface area contributed by atoms with Crippen LogP contribution in [0.5, 0.6) is 0 Å². The molecule has 176 valence electrons. The maximum Gasteiger partial charge on any atom is 0.263 e. The maximum absolute atomic E-state index is 12.8. The minimum absolute atomic E-state index is 0.0417. The van der Waals surface area contributed by atoms with Gasteiger partial charge in [0.25, 0.3) is 20.0 Å². The summed E-state index contributed by atoms with van der Waals surface area (Å²) in [4.78, 5) is 4.29. The highest BCUT2D eigenvalue weighted by molar-refractivity contribution is 7.93. The summed E-state index contributed by atoms with van der Waals surface area (Å²) in [6.07, 6.45) is 0. The molecule has 34 heavy (non-hydrogen) atoms. The first-order valence-corrected chi connectivity index (χ1v) is 14.3. The number of nitrogens with one attached hydrogen (secondary N) is 2. The number of rotatable bonds is 7. The van der Waals surface area contributed by atoms with E-state index in [4.69, 9.17) is 34.8 Å². The van der Waals surface area contributed by atoms with E-state index in [2.05, 4.69) is 14.4 Å². The van der Waals surface area contributed by atoms with E-state index in [0.29, 0.717) is 16.3 Å². The minimum atomic E-state index is -3.97. The van der Waals surface area contributed by atoms with Crippen molar-refractivity contribution in [3.8, 4) is 11.3 Å². The van der Waals surface area contributed by atoms with Crippen molar-refractivity contribution in [1.29, 1.82) is 0 Å². The molecule has 2 N–H and O–H groups in total. The molecule has 0 aliphatic heterocycles. The van der Waals surface area contributed by atoms with Crippen LogP contribution in [0.2, 0.25) is 15.1 Å². The Kier molecular flexibility index (Phi) is 7.09. The Morgan fingerprint density at radius 1 is 0.735 bits per heavy atom. The number of thiazole rings is 1. The van der Waals surface area contributed by atoms with E-state index in [1.54, 1.807) is 29.6 Å². The number of benzene rings is 3. The number of anilines is 2. The third-order valence-corrected chi connectivity index (χ3v) is 9.09. The molecule has 0 saturated heterocycles. The number of sulfonamides is 2. The lowest BCUT2D eigenvalue weighted by atomic mass is 10.1. The molecule has 13 heteroatoms. The Hall–Kier alpha value is -2.34. The molecule has 0 fully saturated rings. The highest BCUT2D eigenvalue weighted by Gasteiger charge is 2.20. The third kappa shape index (κ3) is 5.48. The Morgan fingerprint density at radius 3 is 2.09 bits per heavy atom. The van der Waals surface area contributed by atoms with Gasteiger partial charge in [-0.3, -0.25) is 9.44 Å². The molecule has 1 aromatic heterocycles. The van der Waals surface area contributed by atoms with E-state index in [1.165, 1.54) is 42.5 Å². The second-order valence-electron chi connectivity index (χ2n) is 6.82. The van der Waals surface area contributed by atoms with Crippen molar-refractivity contribution in [2.45, 2.75) is 9.79 Å². The van der Waals surface area contributed by atoms with Gasteiger partial charge >= 0.3 is 0 Å². The van der Waals surface area contributed by atoms with Crippen molar-refractivity contribution in [2.24, 2.45) is 0 Å². The van der Waals surface area contributed by atoms with Gasteiger partial charge < -0.3 is 0 Å². The van der Waals surface area contributed by atoms with Crippen molar-refractivity contribution in [2.75, 3.05) is 9.44 Å². The van der Waals surface area contributed by atoms with E-state index in [9.17, 15) is 16.8 Å². The van der Waals surface area contributed by atoms with Gasteiger partial charge in [-0.2, -0.15) is 0 Å². The second-order valence-corrected chi connectivity index (χ2v) is 12.3. The molecular formula is C21H14Cl3N3O4S3. The van der Waals surface area contributed by atoms with Crippen molar-refractivity contribution >= 4 is 77.0 Å². The molecule has 0 saturated carbocycles. The SMILES string of the molecule is O=S(=O)(Nc1nc(-c2ccccc2NS(=O)(=O)c2ccc(Cl)cc2)cs1)c1ccc(Cl)c(Cl)c1. The largest absolute Gasteiger partial charge is 0.279 e. The monoisotopic (exact) mass is 573 g/mol. The summed E-state index contributed by atoms with van der Waals surface area (Å²) in [5, 5.41) is 2.46. The van der Waals surface area contributed by atoms with Gasteiger partial charge in [0.05, 0.1) is 31.2 Å². The van der Waals surface area contributed by atoms with Gasteiger partial charge in [0.2, 0.25) is 0 Å². The zero-order valence-corrected chi connectivity index (χ0v) is 21.6. The van der Waals surface area contributed by atoms with E-state index in [0.717, 1.165) is 11.3 Å². The van der Waals surface area contributed by atoms with Gasteiger partial charge in [0, 0.05) is 16.0 Å². The first-order chi connectivity index (χ1) is 16.0. The van der Waals surface area contributed by atoms with Gasteiger partial charge in [-0.15, -0.1) is 11.3 Å². The molecule has 1 heterocycles. The molecule has 4 rings (SSSR count). The molecule has 0 aliphatic rings. The summed E-state index contributed by atoms with van der Waals surface area (Å²) in [6, 6.07) is 16.3. The standard InChI is InChI=1S/C21H14Cl3N3O4S3/c22-13-5-7-14(8-6-13)33(28,29)26-19-4-2-1-3-16(19)20-12-32-21(25-20)27-34(30,31)15-9-10-17(23)18(24)11-15/h1-12,26H,(H,25,27). The van der Waals surface area contributed by atoms with Crippen LogP contribution in [0.1, 0.15) is 0 Å². The lowest BCUT2D eigenvalue weighted by Crippen LogP contribution is -2.13. The summed E-state index contributed by atoms with van der Waals surface area (Å²) >= 11 is 18.7. The van der Waals surface area contributed by atoms with E-state index in [1.807, 2.05) is 0 Å². The fourth-order valence-corrected chi connectivity index (χ4v) is 6.43. The van der Waals surface area contributed by atoms with Gasteiger partial charge in [0.15, 0.2) is 5.13 Å². The number of aromatic nitrogens is 1. The van der Waals surface area contributed by atoms with Crippen LogP contribution in [-0.2, 0) is 20.0 Å². The molecule has 0 unspecified atom stereocenters. The van der Waals surface area contributed by atoms with Crippen molar-refractivity contribution < 1.29 is 16.8 Å². The molecule has 0 radical (unpaired) electrons. The highest BCUT2D eigenvalue weighted by Crippen LogP contribution is 2.33. The highest BCUT2D eigenvalue weighted by atomic mass is 35.5. The van der Waals surface area contributed by atoms with Crippen LogP contribution < -0.4 is 9.44 Å².